The van der Waals surface area contributed by atoms with Gasteiger partial charge >= 0.3 is 0 Å². The lowest BCUT2D eigenvalue weighted by Gasteiger charge is -2.01. The van der Waals surface area contributed by atoms with Crippen LogP contribution in [-0.4, -0.2) is 14.2 Å². The highest BCUT2D eigenvalue weighted by Crippen LogP contribution is 2.19. The van der Waals surface area contributed by atoms with Crippen LogP contribution in [0.5, 0.6) is 0 Å². The summed E-state index contributed by atoms with van der Waals surface area (Å²) in [5, 5.41) is 8.75. The summed E-state index contributed by atoms with van der Waals surface area (Å²) in [6, 6.07) is 5.40. The molecular weight excluding hydrogens is 277 g/mol. The first-order valence-electron chi connectivity index (χ1n) is 5.20. The topological polar surface area (TPSA) is 57.9 Å². The van der Waals surface area contributed by atoms with Crippen molar-refractivity contribution in [2.24, 2.45) is 0 Å². The van der Waals surface area contributed by atoms with Crippen molar-refractivity contribution in [3.63, 3.8) is 0 Å². The standard InChI is InChI=1S/C12H11ClFNO2S/c1-2-5-18(16,17)10(8-15)6-9-3-4-12(14)11(13)7-9/h3-4,6-7H,2,5H2,1H3. The number of sulfone groups is 1. The third-order valence-electron chi connectivity index (χ3n) is 2.16. The van der Waals surface area contributed by atoms with Gasteiger partial charge in [0.05, 0.1) is 10.8 Å². The molecule has 0 bridgehead atoms. The van der Waals surface area contributed by atoms with Crippen LogP contribution in [0.25, 0.3) is 6.08 Å². The summed E-state index contributed by atoms with van der Waals surface area (Å²) in [5.74, 6) is -0.690. The largest absolute Gasteiger partial charge is 0.223 e. The van der Waals surface area contributed by atoms with Crippen LogP contribution >= 0.6 is 11.6 Å². The van der Waals surface area contributed by atoms with Crippen molar-refractivity contribution in [2.75, 3.05) is 5.75 Å². The number of hydrogen-bond acceptors (Lipinski definition) is 3. The molecule has 6 heteroatoms. The molecule has 0 saturated carbocycles. The molecule has 1 aromatic carbocycles. The van der Waals surface area contributed by atoms with Gasteiger partial charge in [0.25, 0.3) is 0 Å². The Morgan fingerprint density at radius 2 is 2.22 bits per heavy atom. The fourth-order valence-electron chi connectivity index (χ4n) is 1.32. The molecule has 1 rings (SSSR count). The van der Waals surface area contributed by atoms with Crippen LogP contribution in [-0.2, 0) is 9.84 Å². The van der Waals surface area contributed by atoms with Gasteiger partial charge in [-0.2, -0.15) is 5.26 Å². The van der Waals surface area contributed by atoms with Crippen molar-refractivity contribution in [1.29, 1.82) is 5.26 Å². The van der Waals surface area contributed by atoms with Crippen molar-refractivity contribution in [3.8, 4) is 6.07 Å². The number of benzene rings is 1. The number of allylic oxidation sites excluding steroid dienone is 1. The third-order valence-corrected chi connectivity index (χ3v) is 4.27. The molecule has 0 atom stereocenters. The van der Waals surface area contributed by atoms with E-state index < -0.39 is 15.7 Å². The van der Waals surface area contributed by atoms with Gasteiger partial charge in [-0.05, 0) is 30.2 Å². The summed E-state index contributed by atoms with van der Waals surface area (Å²) >= 11 is 5.58. The van der Waals surface area contributed by atoms with E-state index in [0.717, 1.165) is 6.07 Å². The van der Waals surface area contributed by atoms with Gasteiger partial charge in [-0.15, -0.1) is 0 Å². The molecule has 0 radical (unpaired) electrons. The highest BCUT2D eigenvalue weighted by molar-refractivity contribution is 7.95. The Bertz CT molecular complexity index is 617. The van der Waals surface area contributed by atoms with Crippen LogP contribution in [0.2, 0.25) is 5.02 Å². The quantitative estimate of drug-likeness (QED) is 0.799. The highest BCUT2D eigenvalue weighted by Gasteiger charge is 2.16. The SMILES string of the molecule is CCCS(=O)(=O)C(C#N)=Cc1ccc(F)c(Cl)c1. The fourth-order valence-corrected chi connectivity index (χ4v) is 2.72. The van der Waals surface area contributed by atoms with Crippen LogP contribution in [0.3, 0.4) is 0 Å². The van der Waals surface area contributed by atoms with Gasteiger partial charge in [0.2, 0.25) is 0 Å². The molecule has 0 aliphatic carbocycles. The molecule has 96 valence electrons. The van der Waals surface area contributed by atoms with Crippen molar-refractivity contribution in [2.45, 2.75) is 13.3 Å². The van der Waals surface area contributed by atoms with Crippen LogP contribution < -0.4 is 0 Å². The van der Waals surface area contributed by atoms with Gasteiger partial charge in [-0.25, -0.2) is 12.8 Å². The average Bonchev–Trinajstić information content (AvgIpc) is 2.30. The first-order chi connectivity index (χ1) is 8.40. The second kappa shape index (κ2) is 5.98. The Morgan fingerprint density at radius 1 is 1.56 bits per heavy atom. The van der Waals surface area contributed by atoms with E-state index in [0.29, 0.717) is 12.0 Å². The molecule has 18 heavy (non-hydrogen) atoms. The highest BCUT2D eigenvalue weighted by atomic mass is 35.5. The number of rotatable bonds is 4. The predicted molar refractivity (Wildman–Crippen MR) is 69.1 cm³/mol. The molecule has 3 nitrogen and oxygen atoms in total. The van der Waals surface area contributed by atoms with E-state index in [1.54, 1.807) is 13.0 Å². The zero-order valence-corrected chi connectivity index (χ0v) is 11.2. The Hall–Kier alpha value is -1.38. The monoisotopic (exact) mass is 287 g/mol. The molecule has 0 saturated heterocycles. The molecular formula is C12H11ClFNO2S. The zero-order valence-electron chi connectivity index (χ0n) is 9.65. The summed E-state index contributed by atoms with van der Waals surface area (Å²) in [6.45, 7) is 1.71. The van der Waals surface area contributed by atoms with Crippen molar-refractivity contribution < 1.29 is 12.8 Å². The van der Waals surface area contributed by atoms with Crippen molar-refractivity contribution in [3.05, 3.63) is 39.5 Å². The molecule has 0 N–H and O–H groups in total. The van der Waals surface area contributed by atoms with E-state index in [9.17, 15) is 12.8 Å². The number of hydrogen-bond donors (Lipinski definition) is 0. The Labute approximate surface area is 110 Å². The minimum atomic E-state index is -3.58. The fraction of sp³-hybridized carbons (Fsp3) is 0.250. The maximum absolute atomic E-state index is 12.9. The van der Waals surface area contributed by atoms with E-state index in [1.807, 2.05) is 0 Å². The Kier molecular flexibility index (Phi) is 4.88. The smallest absolute Gasteiger partial charge is 0.188 e. The predicted octanol–water partition coefficient (Wildman–Crippen LogP) is 3.17. The molecule has 0 aliphatic rings. The van der Waals surface area contributed by atoms with Gasteiger partial charge in [0, 0.05) is 0 Å². The molecule has 1 aromatic rings. The van der Waals surface area contributed by atoms with Gasteiger partial charge in [0.1, 0.15) is 16.8 Å². The van der Waals surface area contributed by atoms with Crippen LogP contribution in [0, 0.1) is 17.1 Å². The lowest BCUT2D eigenvalue weighted by molar-refractivity contribution is 0.602. The third kappa shape index (κ3) is 3.56. The lowest BCUT2D eigenvalue weighted by Crippen LogP contribution is -2.07. The van der Waals surface area contributed by atoms with Gasteiger partial charge in [0.15, 0.2) is 9.84 Å². The van der Waals surface area contributed by atoms with E-state index in [4.69, 9.17) is 16.9 Å². The number of halogens is 2. The van der Waals surface area contributed by atoms with E-state index in [-0.39, 0.29) is 15.7 Å². The molecule has 0 aliphatic heterocycles. The molecule has 0 spiro atoms. The number of nitriles is 1. The number of nitrogens with zero attached hydrogens (tertiary/aromatic N) is 1. The summed E-state index contributed by atoms with van der Waals surface area (Å²) in [5.41, 5.74) is 0.373. The minimum Gasteiger partial charge on any atom is -0.223 e. The summed E-state index contributed by atoms with van der Waals surface area (Å²) < 4.78 is 36.4. The van der Waals surface area contributed by atoms with E-state index in [2.05, 4.69) is 0 Å². The maximum atomic E-state index is 12.9. The molecule has 0 unspecified atom stereocenters. The minimum absolute atomic E-state index is 0.0959. The Balaban J connectivity index is 3.21. The molecule has 0 heterocycles. The molecule has 0 fully saturated rings. The zero-order chi connectivity index (χ0) is 13.8. The van der Waals surface area contributed by atoms with Crippen molar-refractivity contribution in [1.82, 2.24) is 0 Å². The van der Waals surface area contributed by atoms with E-state index >= 15 is 0 Å². The lowest BCUT2D eigenvalue weighted by atomic mass is 10.2. The van der Waals surface area contributed by atoms with Gasteiger partial charge in [-0.3, -0.25) is 0 Å². The van der Waals surface area contributed by atoms with Crippen LogP contribution in [0.1, 0.15) is 18.9 Å². The first-order valence-corrected chi connectivity index (χ1v) is 7.23. The maximum Gasteiger partial charge on any atom is 0.188 e. The first kappa shape index (κ1) is 14.7. The second-order valence-corrected chi connectivity index (χ2v) is 6.10. The Morgan fingerprint density at radius 3 is 2.72 bits per heavy atom. The second-order valence-electron chi connectivity index (χ2n) is 3.61. The summed E-state index contributed by atoms with van der Waals surface area (Å²) in [7, 11) is -3.58. The summed E-state index contributed by atoms with van der Waals surface area (Å²) in [6.07, 6.45) is 1.61. The van der Waals surface area contributed by atoms with Gasteiger partial charge in [-0.1, -0.05) is 24.6 Å². The average molecular weight is 288 g/mol. The van der Waals surface area contributed by atoms with Crippen LogP contribution in [0.15, 0.2) is 23.1 Å². The van der Waals surface area contributed by atoms with Crippen LogP contribution in [0.4, 0.5) is 4.39 Å². The molecule has 0 amide bonds. The summed E-state index contributed by atoms with van der Waals surface area (Å²) in [4.78, 5) is -0.341. The molecule has 0 aromatic heterocycles. The van der Waals surface area contributed by atoms with Gasteiger partial charge < -0.3 is 0 Å². The van der Waals surface area contributed by atoms with E-state index in [1.165, 1.54) is 18.2 Å². The normalized spacial score (nSPS) is 12.2. The van der Waals surface area contributed by atoms with Crippen molar-refractivity contribution >= 4 is 27.5 Å².